The van der Waals surface area contributed by atoms with Gasteiger partial charge in [-0.25, -0.2) is 5.06 Å². The van der Waals surface area contributed by atoms with E-state index in [0.29, 0.717) is 9.90 Å². The SMILES string of the molecule is O=C(c1sccc1Cl)N1CC(O)CO1. The van der Waals surface area contributed by atoms with Gasteiger partial charge in [0.25, 0.3) is 5.91 Å². The molecule has 14 heavy (non-hydrogen) atoms. The van der Waals surface area contributed by atoms with E-state index >= 15 is 0 Å². The van der Waals surface area contributed by atoms with Gasteiger partial charge in [-0.1, -0.05) is 11.6 Å². The van der Waals surface area contributed by atoms with E-state index in [0.717, 1.165) is 5.06 Å². The molecule has 1 N–H and O–H groups in total. The standard InChI is InChI=1S/C8H8ClNO3S/c9-6-1-2-14-7(6)8(12)10-3-5(11)4-13-10/h1-2,5,11H,3-4H2. The third-order valence-corrected chi connectivity index (χ3v) is 3.17. The number of halogens is 1. The van der Waals surface area contributed by atoms with E-state index in [1.807, 2.05) is 0 Å². The number of aliphatic hydroxyl groups is 1. The fourth-order valence-corrected chi connectivity index (χ4v) is 2.25. The van der Waals surface area contributed by atoms with Crippen molar-refractivity contribution in [2.75, 3.05) is 13.2 Å². The van der Waals surface area contributed by atoms with E-state index in [-0.39, 0.29) is 19.1 Å². The van der Waals surface area contributed by atoms with Crippen molar-refractivity contribution >= 4 is 28.8 Å². The van der Waals surface area contributed by atoms with Gasteiger partial charge in [0.2, 0.25) is 0 Å². The Morgan fingerprint density at radius 1 is 1.79 bits per heavy atom. The van der Waals surface area contributed by atoms with Gasteiger partial charge in [-0.05, 0) is 11.4 Å². The predicted molar refractivity (Wildman–Crippen MR) is 52.3 cm³/mol. The first-order valence-electron chi connectivity index (χ1n) is 4.04. The van der Waals surface area contributed by atoms with Crippen LogP contribution in [0.25, 0.3) is 0 Å². The highest BCUT2D eigenvalue weighted by molar-refractivity contribution is 7.12. The smallest absolute Gasteiger partial charge is 0.289 e. The molecule has 0 radical (unpaired) electrons. The highest BCUT2D eigenvalue weighted by atomic mass is 35.5. The van der Waals surface area contributed by atoms with Gasteiger partial charge < -0.3 is 5.11 Å². The van der Waals surface area contributed by atoms with Gasteiger partial charge in [0.15, 0.2) is 0 Å². The second kappa shape index (κ2) is 3.86. The van der Waals surface area contributed by atoms with E-state index in [1.165, 1.54) is 11.3 Å². The Morgan fingerprint density at radius 3 is 3.07 bits per heavy atom. The highest BCUT2D eigenvalue weighted by Gasteiger charge is 2.28. The molecule has 2 rings (SSSR count). The van der Waals surface area contributed by atoms with Crippen molar-refractivity contribution in [2.45, 2.75) is 6.10 Å². The fraction of sp³-hybridized carbons (Fsp3) is 0.375. The highest BCUT2D eigenvalue weighted by Crippen LogP contribution is 2.24. The maximum Gasteiger partial charge on any atom is 0.289 e. The number of hydroxylamine groups is 2. The number of β-amino-alcohol motifs (C(OH)–C–C–N with tert-alkyl or cyclic N) is 1. The van der Waals surface area contributed by atoms with E-state index in [2.05, 4.69) is 0 Å². The molecule has 0 aromatic carbocycles. The molecule has 1 unspecified atom stereocenters. The maximum atomic E-state index is 11.7. The molecule has 0 saturated carbocycles. The summed E-state index contributed by atoms with van der Waals surface area (Å²) in [7, 11) is 0. The summed E-state index contributed by atoms with van der Waals surface area (Å²) < 4.78 is 0. The molecule has 4 nitrogen and oxygen atoms in total. The number of carbonyl (C=O) groups excluding carboxylic acids is 1. The molecule has 2 heterocycles. The number of amides is 1. The molecule has 76 valence electrons. The van der Waals surface area contributed by atoms with E-state index in [1.54, 1.807) is 11.4 Å². The van der Waals surface area contributed by atoms with Crippen molar-refractivity contribution in [2.24, 2.45) is 0 Å². The Hall–Kier alpha value is -0.620. The van der Waals surface area contributed by atoms with Crippen LogP contribution in [-0.4, -0.2) is 35.3 Å². The van der Waals surface area contributed by atoms with Crippen molar-refractivity contribution < 1.29 is 14.7 Å². The fourth-order valence-electron chi connectivity index (χ4n) is 1.17. The maximum absolute atomic E-state index is 11.7. The zero-order chi connectivity index (χ0) is 10.1. The average molecular weight is 234 g/mol. The largest absolute Gasteiger partial charge is 0.389 e. The molecule has 1 aliphatic rings. The van der Waals surface area contributed by atoms with Gasteiger partial charge in [0, 0.05) is 0 Å². The molecule has 1 saturated heterocycles. The first-order valence-corrected chi connectivity index (χ1v) is 5.30. The zero-order valence-electron chi connectivity index (χ0n) is 7.14. The summed E-state index contributed by atoms with van der Waals surface area (Å²) >= 11 is 7.06. The summed E-state index contributed by atoms with van der Waals surface area (Å²) in [6, 6.07) is 1.66. The molecule has 1 aromatic heterocycles. The first-order chi connectivity index (χ1) is 6.68. The van der Waals surface area contributed by atoms with E-state index in [4.69, 9.17) is 21.5 Å². The molecular formula is C8H8ClNO3S. The summed E-state index contributed by atoms with van der Waals surface area (Å²) in [5, 5.41) is 12.5. The lowest BCUT2D eigenvalue weighted by Gasteiger charge is -2.12. The second-order valence-corrected chi connectivity index (χ2v) is 4.24. The molecule has 0 aliphatic carbocycles. The molecule has 1 atom stereocenters. The van der Waals surface area contributed by atoms with Gasteiger partial charge in [-0.15, -0.1) is 11.3 Å². The third kappa shape index (κ3) is 1.76. The van der Waals surface area contributed by atoms with Crippen molar-refractivity contribution in [3.8, 4) is 0 Å². The molecule has 1 amide bonds. The number of hydrogen-bond donors (Lipinski definition) is 1. The van der Waals surface area contributed by atoms with Crippen LogP contribution in [0.4, 0.5) is 0 Å². The van der Waals surface area contributed by atoms with Gasteiger partial charge in [0.05, 0.1) is 11.6 Å². The third-order valence-electron chi connectivity index (χ3n) is 1.84. The number of rotatable bonds is 1. The minimum atomic E-state index is -0.599. The summed E-state index contributed by atoms with van der Waals surface area (Å²) in [6.07, 6.45) is -0.599. The lowest BCUT2D eigenvalue weighted by molar-refractivity contribution is -0.0776. The number of carbonyl (C=O) groups is 1. The van der Waals surface area contributed by atoms with Crippen LogP contribution < -0.4 is 0 Å². The predicted octanol–water partition coefficient (Wildman–Crippen LogP) is 1.15. The summed E-state index contributed by atoms with van der Waals surface area (Å²) in [6.45, 7) is 0.363. The Labute approximate surface area is 89.6 Å². The lowest BCUT2D eigenvalue weighted by atomic mass is 10.4. The lowest BCUT2D eigenvalue weighted by Crippen LogP contribution is -2.27. The Morgan fingerprint density at radius 2 is 2.57 bits per heavy atom. The van der Waals surface area contributed by atoms with Crippen LogP contribution in [0.1, 0.15) is 9.67 Å². The molecule has 0 spiro atoms. The minimum Gasteiger partial charge on any atom is -0.389 e. The van der Waals surface area contributed by atoms with Gasteiger partial charge in [-0.2, -0.15) is 0 Å². The monoisotopic (exact) mass is 233 g/mol. The molecule has 1 aromatic rings. The Kier molecular flexibility index (Phi) is 2.73. The number of thiophene rings is 1. The molecule has 6 heteroatoms. The van der Waals surface area contributed by atoms with Crippen molar-refractivity contribution in [3.05, 3.63) is 21.3 Å². The summed E-state index contributed by atoms with van der Waals surface area (Å²) in [5.41, 5.74) is 0. The minimum absolute atomic E-state index is 0.161. The van der Waals surface area contributed by atoms with Gasteiger partial charge in [-0.3, -0.25) is 9.63 Å². The van der Waals surface area contributed by atoms with Crippen LogP contribution in [0, 0.1) is 0 Å². The van der Waals surface area contributed by atoms with Gasteiger partial charge in [0.1, 0.15) is 17.6 Å². The van der Waals surface area contributed by atoms with Crippen molar-refractivity contribution in [1.82, 2.24) is 5.06 Å². The van der Waals surface area contributed by atoms with Crippen LogP contribution >= 0.6 is 22.9 Å². The molecule has 1 aliphatic heterocycles. The topological polar surface area (TPSA) is 49.8 Å². The van der Waals surface area contributed by atoms with Gasteiger partial charge >= 0.3 is 0 Å². The van der Waals surface area contributed by atoms with Crippen LogP contribution in [0.2, 0.25) is 5.02 Å². The molecule has 1 fully saturated rings. The van der Waals surface area contributed by atoms with Crippen LogP contribution in [-0.2, 0) is 4.84 Å². The quantitative estimate of drug-likeness (QED) is 0.792. The average Bonchev–Trinajstić information content (AvgIpc) is 2.73. The van der Waals surface area contributed by atoms with Crippen molar-refractivity contribution in [3.63, 3.8) is 0 Å². The normalized spacial score (nSPS) is 21.6. The van der Waals surface area contributed by atoms with Crippen LogP contribution in [0.3, 0.4) is 0 Å². The molecular weight excluding hydrogens is 226 g/mol. The van der Waals surface area contributed by atoms with E-state index < -0.39 is 6.10 Å². The Balaban J connectivity index is 2.13. The molecule has 0 bridgehead atoms. The van der Waals surface area contributed by atoms with Crippen molar-refractivity contribution in [1.29, 1.82) is 0 Å². The Bertz CT molecular complexity index is 354. The number of aliphatic hydroxyl groups excluding tert-OH is 1. The summed E-state index contributed by atoms with van der Waals surface area (Å²) in [4.78, 5) is 17.1. The second-order valence-electron chi connectivity index (χ2n) is 2.91. The number of nitrogens with zero attached hydrogens (tertiary/aromatic N) is 1. The zero-order valence-corrected chi connectivity index (χ0v) is 8.72. The summed E-state index contributed by atoms with van der Waals surface area (Å²) in [5.74, 6) is -0.290. The van der Waals surface area contributed by atoms with Crippen LogP contribution in [0.15, 0.2) is 11.4 Å². The van der Waals surface area contributed by atoms with Crippen LogP contribution in [0.5, 0.6) is 0 Å². The number of hydrogen-bond acceptors (Lipinski definition) is 4. The first kappa shape index (κ1) is 9.92. The van der Waals surface area contributed by atoms with E-state index in [9.17, 15) is 4.79 Å².